The van der Waals surface area contributed by atoms with Crippen molar-refractivity contribution in [1.82, 2.24) is 0 Å². The minimum atomic E-state index is 0.745. The summed E-state index contributed by atoms with van der Waals surface area (Å²) in [4.78, 5) is 0. The molecule has 0 unspecified atom stereocenters. The van der Waals surface area contributed by atoms with Gasteiger partial charge in [0.05, 0.1) is 0 Å². The molecular weight excluding hydrogens is 394 g/mol. The highest BCUT2D eigenvalue weighted by molar-refractivity contribution is 9.11. The fourth-order valence-corrected chi connectivity index (χ4v) is 3.19. The molecule has 0 spiro atoms. The molecule has 3 aromatic rings. The molecule has 0 saturated carbocycles. The van der Waals surface area contributed by atoms with Gasteiger partial charge in [0.2, 0.25) is 0 Å². The summed E-state index contributed by atoms with van der Waals surface area (Å²) in [5.41, 5.74) is 3.26. The van der Waals surface area contributed by atoms with Gasteiger partial charge in [-0.15, -0.1) is 0 Å². The zero-order chi connectivity index (χ0) is 14.8. The van der Waals surface area contributed by atoms with Gasteiger partial charge >= 0.3 is 0 Å². The van der Waals surface area contributed by atoms with Crippen molar-refractivity contribution in [3.8, 4) is 0 Å². The zero-order valence-corrected chi connectivity index (χ0v) is 14.8. The van der Waals surface area contributed by atoms with E-state index < -0.39 is 0 Å². The lowest BCUT2D eigenvalue weighted by Gasteiger charge is -2.09. The number of hydrogen-bond donors (Lipinski definition) is 1. The fraction of sp³-hybridized carbons (Fsp3) is 0.176. The van der Waals surface area contributed by atoms with Crippen molar-refractivity contribution in [2.45, 2.75) is 19.9 Å². The van der Waals surface area contributed by atoms with Gasteiger partial charge in [-0.1, -0.05) is 41.1 Å². The third-order valence-corrected chi connectivity index (χ3v) is 4.67. The summed E-state index contributed by atoms with van der Waals surface area (Å²) in [6.07, 6.45) is 0.894. The highest BCUT2D eigenvalue weighted by Crippen LogP contribution is 2.30. The molecule has 3 rings (SSSR count). The number of fused-ring (bicyclic) bond motifs is 1. The average molecular weight is 409 g/mol. The van der Waals surface area contributed by atoms with E-state index in [2.05, 4.69) is 62.3 Å². The molecule has 0 aliphatic carbocycles. The number of nitrogens with one attached hydrogen (secondary N) is 1. The van der Waals surface area contributed by atoms with Gasteiger partial charge < -0.3 is 9.73 Å². The van der Waals surface area contributed by atoms with E-state index in [-0.39, 0.29) is 0 Å². The summed E-state index contributed by atoms with van der Waals surface area (Å²) in [6, 6.07) is 14.3. The Kier molecular flexibility index (Phi) is 4.36. The molecule has 0 bridgehead atoms. The molecule has 4 heteroatoms. The van der Waals surface area contributed by atoms with Crippen LogP contribution in [0.4, 0.5) is 5.69 Å². The quantitative estimate of drug-likeness (QED) is 0.561. The maximum atomic E-state index is 5.93. The molecule has 0 radical (unpaired) electrons. The van der Waals surface area contributed by atoms with Crippen molar-refractivity contribution in [2.24, 2.45) is 0 Å². The molecule has 108 valence electrons. The Morgan fingerprint density at radius 2 is 1.90 bits per heavy atom. The number of benzene rings is 2. The molecule has 2 aromatic carbocycles. The van der Waals surface area contributed by atoms with E-state index in [0.717, 1.165) is 38.9 Å². The normalized spacial score (nSPS) is 11.0. The van der Waals surface area contributed by atoms with Gasteiger partial charge in [-0.2, -0.15) is 0 Å². The fourth-order valence-electron chi connectivity index (χ4n) is 2.45. The first-order valence-corrected chi connectivity index (χ1v) is 8.46. The van der Waals surface area contributed by atoms with Crippen LogP contribution in [-0.2, 0) is 13.0 Å². The Morgan fingerprint density at radius 3 is 2.71 bits per heavy atom. The second-order valence-electron chi connectivity index (χ2n) is 4.83. The minimum Gasteiger partial charge on any atom is -0.461 e. The molecule has 0 amide bonds. The van der Waals surface area contributed by atoms with Gasteiger partial charge in [-0.3, -0.25) is 0 Å². The molecule has 0 saturated heterocycles. The molecule has 21 heavy (non-hydrogen) atoms. The van der Waals surface area contributed by atoms with E-state index in [1.165, 1.54) is 10.9 Å². The Hall–Kier alpha value is -1.26. The van der Waals surface area contributed by atoms with E-state index in [1.54, 1.807) is 0 Å². The third-order valence-electron chi connectivity index (χ3n) is 3.49. The second kappa shape index (κ2) is 6.24. The second-order valence-corrected chi connectivity index (χ2v) is 6.60. The van der Waals surface area contributed by atoms with E-state index in [9.17, 15) is 0 Å². The lowest BCUT2D eigenvalue weighted by Crippen LogP contribution is -2.01. The first kappa shape index (κ1) is 14.7. The van der Waals surface area contributed by atoms with Gasteiger partial charge in [-0.25, -0.2) is 0 Å². The van der Waals surface area contributed by atoms with E-state index in [0.29, 0.717) is 0 Å². The number of para-hydroxylation sites is 1. The predicted molar refractivity (Wildman–Crippen MR) is 94.8 cm³/mol. The van der Waals surface area contributed by atoms with Crippen molar-refractivity contribution in [3.63, 3.8) is 0 Å². The first-order valence-electron chi connectivity index (χ1n) is 6.87. The number of halogens is 2. The molecule has 1 heterocycles. The largest absolute Gasteiger partial charge is 0.461 e. The van der Waals surface area contributed by atoms with Gasteiger partial charge in [0.1, 0.15) is 11.3 Å². The smallest absolute Gasteiger partial charge is 0.134 e. The van der Waals surface area contributed by atoms with E-state index >= 15 is 0 Å². The Morgan fingerprint density at radius 1 is 1.10 bits per heavy atom. The first-order chi connectivity index (χ1) is 10.2. The lowest BCUT2D eigenvalue weighted by atomic mass is 10.1. The monoisotopic (exact) mass is 407 g/mol. The van der Waals surface area contributed by atoms with Gasteiger partial charge in [0.15, 0.2) is 0 Å². The van der Waals surface area contributed by atoms with Crippen LogP contribution in [0, 0.1) is 0 Å². The number of hydrogen-bond acceptors (Lipinski definition) is 2. The van der Waals surface area contributed by atoms with Crippen molar-refractivity contribution in [3.05, 3.63) is 62.7 Å². The maximum absolute atomic E-state index is 5.93. The standard InChI is InChI=1S/C17H15Br2NO/c1-2-16-13(12-5-3-4-6-17(12)21-16)10-20-15-9-11(18)7-8-14(15)19/h3-9,20H,2,10H2,1H3. The summed E-state index contributed by atoms with van der Waals surface area (Å²) in [7, 11) is 0. The van der Waals surface area contributed by atoms with Gasteiger partial charge in [0.25, 0.3) is 0 Å². The summed E-state index contributed by atoms with van der Waals surface area (Å²) in [5.74, 6) is 1.05. The van der Waals surface area contributed by atoms with Crippen LogP contribution < -0.4 is 5.32 Å². The lowest BCUT2D eigenvalue weighted by molar-refractivity contribution is 0.551. The van der Waals surface area contributed by atoms with Crippen LogP contribution in [0.15, 0.2) is 55.8 Å². The summed E-state index contributed by atoms with van der Waals surface area (Å²) in [5, 5.41) is 4.67. The van der Waals surface area contributed by atoms with Crippen molar-refractivity contribution in [1.29, 1.82) is 0 Å². The van der Waals surface area contributed by atoms with Crippen LogP contribution in [0.25, 0.3) is 11.0 Å². The summed E-state index contributed by atoms with van der Waals surface area (Å²) >= 11 is 7.08. The topological polar surface area (TPSA) is 25.2 Å². The third kappa shape index (κ3) is 3.01. The number of furan rings is 1. The molecular formula is C17H15Br2NO. The van der Waals surface area contributed by atoms with Crippen molar-refractivity contribution in [2.75, 3.05) is 5.32 Å². The van der Waals surface area contributed by atoms with Crippen LogP contribution in [0.2, 0.25) is 0 Å². The zero-order valence-electron chi connectivity index (χ0n) is 11.6. The summed E-state index contributed by atoms with van der Waals surface area (Å²) < 4.78 is 8.04. The Labute approximate surface area is 140 Å². The number of aryl methyl sites for hydroxylation is 1. The van der Waals surface area contributed by atoms with Crippen LogP contribution in [0.3, 0.4) is 0 Å². The number of rotatable bonds is 4. The van der Waals surface area contributed by atoms with Crippen molar-refractivity contribution < 1.29 is 4.42 Å². The van der Waals surface area contributed by atoms with E-state index in [4.69, 9.17) is 4.42 Å². The Bertz CT molecular complexity index is 780. The Balaban J connectivity index is 1.93. The number of anilines is 1. The SMILES string of the molecule is CCc1oc2ccccc2c1CNc1cc(Br)ccc1Br. The molecule has 0 atom stereocenters. The highest BCUT2D eigenvalue weighted by atomic mass is 79.9. The predicted octanol–water partition coefficient (Wildman–Crippen LogP) is 6.13. The molecule has 0 fully saturated rings. The summed E-state index contributed by atoms with van der Waals surface area (Å²) in [6.45, 7) is 2.87. The van der Waals surface area contributed by atoms with Crippen molar-refractivity contribution >= 4 is 48.5 Å². The van der Waals surface area contributed by atoms with Crippen LogP contribution in [0.1, 0.15) is 18.2 Å². The molecule has 0 aliphatic rings. The molecule has 2 nitrogen and oxygen atoms in total. The molecule has 1 N–H and O–H groups in total. The molecule has 1 aromatic heterocycles. The van der Waals surface area contributed by atoms with Crippen LogP contribution >= 0.6 is 31.9 Å². The van der Waals surface area contributed by atoms with Crippen LogP contribution in [0.5, 0.6) is 0 Å². The van der Waals surface area contributed by atoms with Crippen LogP contribution in [-0.4, -0.2) is 0 Å². The highest BCUT2D eigenvalue weighted by Gasteiger charge is 2.12. The minimum absolute atomic E-state index is 0.745. The molecule has 0 aliphatic heterocycles. The van der Waals surface area contributed by atoms with Gasteiger partial charge in [0, 0.05) is 38.5 Å². The maximum Gasteiger partial charge on any atom is 0.134 e. The van der Waals surface area contributed by atoms with E-state index in [1.807, 2.05) is 24.3 Å². The average Bonchev–Trinajstić information content (AvgIpc) is 2.86. The van der Waals surface area contributed by atoms with Gasteiger partial charge in [-0.05, 0) is 40.2 Å².